The van der Waals surface area contributed by atoms with E-state index >= 15 is 0 Å². The van der Waals surface area contributed by atoms with Crippen molar-refractivity contribution in [1.29, 1.82) is 0 Å². The highest BCUT2D eigenvalue weighted by Crippen LogP contribution is 2.27. The molecule has 0 spiro atoms. The Balaban J connectivity index is 1.99. The fourth-order valence-corrected chi connectivity index (χ4v) is 5.56. The molecule has 13 heteroatoms. The Morgan fingerprint density at radius 3 is 2.39 bits per heavy atom. The number of hydrogen-bond acceptors (Lipinski definition) is 8. The normalized spacial score (nSPS) is 15.1. The van der Waals surface area contributed by atoms with Gasteiger partial charge >= 0.3 is 0 Å². The molecule has 12 nitrogen and oxygen atoms in total. The number of carbonyl (C=O) groups excluding carboxylic acids is 2. The van der Waals surface area contributed by atoms with E-state index in [1.54, 1.807) is 11.6 Å². The van der Waals surface area contributed by atoms with Gasteiger partial charge in [0.05, 0.1) is 24.2 Å². The molecule has 1 aliphatic heterocycles. The number of likely N-dealkylation sites (N-methyl/N-ethyl adjacent to an activating group) is 1. The maximum Gasteiger partial charge on any atom is 0.271 e. The Morgan fingerprint density at radius 2 is 1.83 bits per heavy atom. The number of ether oxygens (including phenoxy) is 1. The summed E-state index contributed by atoms with van der Waals surface area (Å²) in [5, 5.41) is 7.00. The van der Waals surface area contributed by atoms with Crippen LogP contribution in [0.25, 0.3) is 0 Å². The number of carbonyl (C=O) groups is 2. The van der Waals surface area contributed by atoms with Gasteiger partial charge in [0.15, 0.2) is 5.69 Å². The minimum atomic E-state index is -3.87. The molecule has 0 atom stereocenters. The molecule has 3 N–H and O–H groups in total. The van der Waals surface area contributed by atoms with Crippen molar-refractivity contribution in [1.82, 2.24) is 24.0 Å². The fraction of sp³-hybridized carbons (Fsp3) is 0.565. The van der Waals surface area contributed by atoms with Gasteiger partial charge in [0.25, 0.3) is 11.8 Å². The van der Waals surface area contributed by atoms with Crippen molar-refractivity contribution in [2.75, 3.05) is 44.6 Å². The van der Waals surface area contributed by atoms with E-state index in [0.29, 0.717) is 44.8 Å². The standard InChI is InChI=1S/C23H35N7O5S/c1-5-9-30-18(6-2)19(20(27-30)21(24)31)26-22(32)17-14-16(15-25-23(17)35-8-4)36(33,34)29-12-10-28(7-3)11-13-29/h14-15H,5-13H2,1-4H3,(H2,24,31)(H,26,32). The van der Waals surface area contributed by atoms with Gasteiger partial charge in [-0.05, 0) is 32.4 Å². The number of nitrogens with two attached hydrogens (primary N) is 1. The molecule has 0 radical (unpaired) electrons. The number of rotatable bonds is 11. The van der Waals surface area contributed by atoms with Crippen LogP contribution in [-0.2, 0) is 23.0 Å². The van der Waals surface area contributed by atoms with E-state index < -0.39 is 21.8 Å². The molecule has 0 aliphatic carbocycles. The van der Waals surface area contributed by atoms with E-state index in [4.69, 9.17) is 10.5 Å². The lowest BCUT2D eigenvalue weighted by atomic mass is 10.2. The van der Waals surface area contributed by atoms with Crippen molar-refractivity contribution in [2.24, 2.45) is 5.73 Å². The smallest absolute Gasteiger partial charge is 0.271 e. The number of amides is 2. The average molecular weight is 522 g/mol. The zero-order chi connectivity index (χ0) is 26.5. The van der Waals surface area contributed by atoms with Crippen LogP contribution in [0.15, 0.2) is 17.2 Å². The first-order valence-electron chi connectivity index (χ1n) is 12.2. The number of anilines is 1. The lowest BCUT2D eigenvalue weighted by Gasteiger charge is -2.33. The Hall–Kier alpha value is -3.03. The van der Waals surface area contributed by atoms with Gasteiger partial charge in [-0.15, -0.1) is 0 Å². The van der Waals surface area contributed by atoms with Crippen LogP contribution in [0.2, 0.25) is 0 Å². The summed E-state index contributed by atoms with van der Waals surface area (Å²) < 4.78 is 35.2. The van der Waals surface area contributed by atoms with Crippen LogP contribution in [0.5, 0.6) is 5.88 Å². The molecule has 36 heavy (non-hydrogen) atoms. The lowest BCUT2D eigenvalue weighted by Crippen LogP contribution is -2.48. The SMILES string of the molecule is CCCn1nc(C(N)=O)c(NC(=O)c2cc(S(=O)(=O)N3CCN(CC)CC3)cnc2OCC)c1CC. The van der Waals surface area contributed by atoms with Crippen LogP contribution in [0, 0.1) is 0 Å². The highest BCUT2D eigenvalue weighted by atomic mass is 32.2. The number of aromatic nitrogens is 3. The molecule has 3 heterocycles. The molecule has 2 amide bonds. The first-order chi connectivity index (χ1) is 17.2. The van der Waals surface area contributed by atoms with E-state index in [1.807, 2.05) is 20.8 Å². The van der Waals surface area contributed by atoms with E-state index in [9.17, 15) is 18.0 Å². The summed E-state index contributed by atoms with van der Waals surface area (Å²) in [6, 6.07) is 1.26. The molecule has 0 saturated carbocycles. The van der Waals surface area contributed by atoms with Crippen molar-refractivity contribution in [2.45, 2.75) is 52.0 Å². The topological polar surface area (TPSA) is 153 Å². The summed E-state index contributed by atoms with van der Waals surface area (Å²) in [5.74, 6) is -1.46. The van der Waals surface area contributed by atoms with Crippen molar-refractivity contribution in [3.63, 3.8) is 0 Å². The molecule has 1 fully saturated rings. The Bertz CT molecular complexity index is 1200. The summed E-state index contributed by atoms with van der Waals surface area (Å²) in [4.78, 5) is 31.7. The van der Waals surface area contributed by atoms with Gasteiger partial charge in [0.1, 0.15) is 10.5 Å². The molecule has 0 bridgehead atoms. The Kier molecular flexibility index (Phi) is 9.03. The minimum Gasteiger partial charge on any atom is -0.477 e. The zero-order valence-corrected chi connectivity index (χ0v) is 22.1. The van der Waals surface area contributed by atoms with Crippen molar-refractivity contribution in [3.8, 4) is 5.88 Å². The number of piperazine rings is 1. The maximum atomic E-state index is 13.4. The van der Waals surface area contributed by atoms with Gasteiger partial charge < -0.3 is 20.7 Å². The predicted molar refractivity (Wildman–Crippen MR) is 135 cm³/mol. The van der Waals surface area contributed by atoms with Crippen LogP contribution in [0.3, 0.4) is 0 Å². The van der Waals surface area contributed by atoms with Gasteiger partial charge in [-0.1, -0.05) is 20.8 Å². The van der Waals surface area contributed by atoms with E-state index in [1.165, 1.54) is 16.6 Å². The molecular formula is C23H35N7O5S. The summed E-state index contributed by atoms with van der Waals surface area (Å²) in [7, 11) is -3.87. The van der Waals surface area contributed by atoms with Gasteiger partial charge in [0, 0.05) is 32.7 Å². The van der Waals surface area contributed by atoms with E-state index in [0.717, 1.165) is 13.0 Å². The molecule has 1 aliphatic rings. The number of pyridine rings is 1. The number of nitrogens with one attached hydrogen (secondary N) is 1. The molecule has 0 aromatic carbocycles. The van der Waals surface area contributed by atoms with Crippen LogP contribution < -0.4 is 15.8 Å². The first-order valence-corrected chi connectivity index (χ1v) is 13.7. The fourth-order valence-electron chi connectivity index (χ4n) is 4.16. The quantitative estimate of drug-likeness (QED) is 0.449. The second kappa shape index (κ2) is 11.8. The molecule has 3 rings (SSSR count). The van der Waals surface area contributed by atoms with E-state index in [-0.39, 0.29) is 34.3 Å². The van der Waals surface area contributed by atoms with Crippen molar-refractivity contribution in [3.05, 3.63) is 29.2 Å². The minimum absolute atomic E-state index is 0.00984. The number of hydrogen-bond donors (Lipinski definition) is 2. The Labute approximate surface area is 211 Å². The third kappa shape index (κ3) is 5.68. The van der Waals surface area contributed by atoms with Gasteiger partial charge in [0.2, 0.25) is 15.9 Å². The molecular weight excluding hydrogens is 486 g/mol. The summed E-state index contributed by atoms with van der Waals surface area (Å²) >= 11 is 0. The number of sulfonamides is 1. The summed E-state index contributed by atoms with van der Waals surface area (Å²) in [6.45, 7) is 11.2. The highest BCUT2D eigenvalue weighted by molar-refractivity contribution is 7.89. The zero-order valence-electron chi connectivity index (χ0n) is 21.3. The number of primary amides is 1. The van der Waals surface area contributed by atoms with Gasteiger partial charge in [-0.2, -0.15) is 9.40 Å². The third-order valence-corrected chi connectivity index (χ3v) is 7.93. The lowest BCUT2D eigenvalue weighted by molar-refractivity contribution is 0.0995. The average Bonchev–Trinajstić information content (AvgIpc) is 3.21. The van der Waals surface area contributed by atoms with Crippen LogP contribution in [0.4, 0.5) is 5.69 Å². The van der Waals surface area contributed by atoms with Crippen LogP contribution >= 0.6 is 0 Å². The number of nitrogens with zero attached hydrogens (tertiary/aromatic N) is 5. The maximum absolute atomic E-state index is 13.4. The molecule has 198 valence electrons. The monoisotopic (exact) mass is 521 g/mol. The largest absolute Gasteiger partial charge is 0.477 e. The predicted octanol–water partition coefficient (Wildman–Crippen LogP) is 1.33. The van der Waals surface area contributed by atoms with Crippen molar-refractivity contribution >= 4 is 27.5 Å². The van der Waals surface area contributed by atoms with Crippen LogP contribution in [-0.4, -0.2) is 83.5 Å². The second-order valence-corrected chi connectivity index (χ2v) is 10.3. The third-order valence-electron chi connectivity index (χ3n) is 6.07. The Morgan fingerprint density at radius 1 is 1.14 bits per heavy atom. The second-order valence-electron chi connectivity index (χ2n) is 8.36. The van der Waals surface area contributed by atoms with Crippen LogP contribution in [0.1, 0.15) is 60.7 Å². The molecule has 0 unspecified atom stereocenters. The highest BCUT2D eigenvalue weighted by Gasteiger charge is 2.31. The van der Waals surface area contributed by atoms with Crippen molar-refractivity contribution < 1.29 is 22.7 Å². The molecule has 2 aromatic rings. The molecule has 2 aromatic heterocycles. The van der Waals surface area contributed by atoms with Gasteiger partial charge in [-0.25, -0.2) is 13.4 Å². The van der Waals surface area contributed by atoms with E-state index in [2.05, 4.69) is 20.3 Å². The first kappa shape index (κ1) is 27.6. The van der Waals surface area contributed by atoms with Gasteiger partial charge in [-0.3, -0.25) is 14.3 Å². The summed E-state index contributed by atoms with van der Waals surface area (Å²) in [6.07, 6.45) is 2.46. The summed E-state index contributed by atoms with van der Waals surface area (Å²) in [5.41, 5.74) is 6.25. The number of aryl methyl sites for hydroxylation is 1. The molecule has 1 saturated heterocycles.